The van der Waals surface area contributed by atoms with E-state index in [4.69, 9.17) is 0 Å². The van der Waals surface area contributed by atoms with Gasteiger partial charge in [-0.15, -0.1) is 0 Å². The van der Waals surface area contributed by atoms with Crippen LogP contribution >= 0.6 is 23.1 Å². The number of thiazole rings is 1. The van der Waals surface area contributed by atoms with Crippen LogP contribution in [0.3, 0.4) is 0 Å². The minimum atomic E-state index is 0.124. The smallest absolute Gasteiger partial charge is 0.185 e. The van der Waals surface area contributed by atoms with Crippen LogP contribution in [0.25, 0.3) is 0 Å². The molecule has 1 aromatic rings. The molecular weight excluding hydrogens is 240 g/mol. The van der Waals surface area contributed by atoms with Crippen LogP contribution in [0.1, 0.15) is 24.4 Å². The predicted molar refractivity (Wildman–Crippen MR) is 71.5 cm³/mol. The van der Waals surface area contributed by atoms with Gasteiger partial charge in [-0.1, -0.05) is 25.2 Å². The zero-order chi connectivity index (χ0) is 11.5. The Labute approximate surface area is 105 Å². The summed E-state index contributed by atoms with van der Waals surface area (Å²) in [5.41, 5.74) is 1.06. The third-order valence-corrected chi connectivity index (χ3v) is 5.04. The Morgan fingerprint density at radius 2 is 2.38 bits per heavy atom. The summed E-state index contributed by atoms with van der Waals surface area (Å²) in [4.78, 5) is 8.02. The normalized spacial score (nSPS) is 21.4. The first-order valence-electron chi connectivity index (χ1n) is 5.70. The van der Waals surface area contributed by atoms with E-state index in [0.29, 0.717) is 5.25 Å². The monoisotopic (exact) mass is 258 g/mol. The summed E-state index contributed by atoms with van der Waals surface area (Å²) in [6.45, 7) is 6.63. The maximum atomic E-state index is 9.26. The van der Waals surface area contributed by atoms with Gasteiger partial charge in [-0.3, -0.25) is 0 Å². The summed E-state index contributed by atoms with van der Waals surface area (Å²) in [5.74, 6) is 1.18. The lowest BCUT2D eigenvalue weighted by Crippen LogP contribution is -2.36. The predicted octanol–water partition coefficient (Wildman–Crippen LogP) is 2.14. The number of aliphatic hydroxyl groups excluding tert-OH is 1. The number of aryl methyl sites for hydroxylation is 1. The van der Waals surface area contributed by atoms with Gasteiger partial charge in [-0.25, -0.2) is 4.98 Å². The lowest BCUT2D eigenvalue weighted by molar-refractivity contribution is 0.284. The Morgan fingerprint density at radius 1 is 1.56 bits per heavy atom. The molecule has 1 unspecified atom stereocenters. The molecule has 0 spiro atoms. The van der Waals surface area contributed by atoms with Gasteiger partial charge in [0.15, 0.2) is 5.13 Å². The first-order valence-corrected chi connectivity index (χ1v) is 7.57. The van der Waals surface area contributed by atoms with Crippen LogP contribution in [0.2, 0.25) is 0 Å². The number of thioether (sulfide) groups is 1. The lowest BCUT2D eigenvalue weighted by atomic mass is 10.3. The Hall–Kier alpha value is -0.260. The second kappa shape index (κ2) is 5.38. The van der Waals surface area contributed by atoms with Crippen molar-refractivity contribution < 1.29 is 5.11 Å². The minimum absolute atomic E-state index is 0.124. The van der Waals surface area contributed by atoms with Gasteiger partial charge in [0.05, 0.1) is 17.2 Å². The zero-order valence-electron chi connectivity index (χ0n) is 9.77. The number of hydrogen-bond donors (Lipinski definition) is 1. The highest BCUT2D eigenvalue weighted by molar-refractivity contribution is 8.00. The molecule has 0 aromatic carbocycles. The van der Waals surface area contributed by atoms with E-state index < -0.39 is 0 Å². The molecule has 1 aliphatic rings. The van der Waals surface area contributed by atoms with Crippen molar-refractivity contribution in [1.82, 2.24) is 4.98 Å². The maximum Gasteiger partial charge on any atom is 0.185 e. The molecule has 2 heterocycles. The highest BCUT2D eigenvalue weighted by atomic mass is 32.2. The molecule has 0 bridgehead atoms. The average Bonchev–Trinajstić information content (AvgIpc) is 2.72. The van der Waals surface area contributed by atoms with Crippen LogP contribution in [-0.2, 0) is 13.0 Å². The second-order valence-electron chi connectivity index (χ2n) is 4.01. The fourth-order valence-electron chi connectivity index (χ4n) is 1.90. The number of hydrogen-bond acceptors (Lipinski definition) is 5. The van der Waals surface area contributed by atoms with E-state index in [1.807, 2.05) is 11.8 Å². The number of nitrogens with zero attached hydrogens (tertiary/aromatic N) is 2. The summed E-state index contributed by atoms with van der Waals surface area (Å²) in [6, 6.07) is 0. The number of aromatic nitrogens is 1. The number of aliphatic hydroxyl groups is 1. The molecule has 0 aliphatic carbocycles. The van der Waals surface area contributed by atoms with Crippen molar-refractivity contribution >= 4 is 28.2 Å². The van der Waals surface area contributed by atoms with Crippen molar-refractivity contribution in [2.75, 3.05) is 23.7 Å². The standard InChI is InChI=1S/C11H18N2OS2/c1-3-9-10(7-14)16-11(12-9)13-4-5-15-8(2)6-13/h8,14H,3-7H2,1-2H3. The van der Waals surface area contributed by atoms with Gasteiger partial charge in [0.1, 0.15) is 0 Å². The first-order chi connectivity index (χ1) is 7.74. The molecule has 2 rings (SSSR count). The van der Waals surface area contributed by atoms with Crippen LogP contribution in [0.15, 0.2) is 0 Å². The van der Waals surface area contributed by atoms with Gasteiger partial charge < -0.3 is 10.0 Å². The van der Waals surface area contributed by atoms with E-state index in [2.05, 4.69) is 23.7 Å². The first kappa shape index (κ1) is 12.2. The Kier molecular flexibility index (Phi) is 4.10. The van der Waals surface area contributed by atoms with Gasteiger partial charge >= 0.3 is 0 Å². The summed E-state index contributed by atoms with van der Waals surface area (Å²) in [6.07, 6.45) is 0.907. The molecule has 16 heavy (non-hydrogen) atoms. The van der Waals surface area contributed by atoms with Crippen molar-refractivity contribution in [3.63, 3.8) is 0 Å². The molecule has 0 amide bonds. The van der Waals surface area contributed by atoms with Crippen molar-refractivity contribution in [2.45, 2.75) is 32.1 Å². The van der Waals surface area contributed by atoms with Crippen LogP contribution in [0.5, 0.6) is 0 Å². The quantitative estimate of drug-likeness (QED) is 0.901. The molecule has 1 saturated heterocycles. The summed E-state index contributed by atoms with van der Waals surface area (Å²) >= 11 is 3.67. The van der Waals surface area contributed by atoms with E-state index in [1.165, 1.54) is 5.75 Å². The van der Waals surface area contributed by atoms with E-state index in [0.717, 1.165) is 35.2 Å². The molecule has 1 aliphatic heterocycles. The van der Waals surface area contributed by atoms with Crippen LogP contribution in [-0.4, -0.2) is 34.2 Å². The molecule has 0 radical (unpaired) electrons. The maximum absolute atomic E-state index is 9.26. The fraction of sp³-hybridized carbons (Fsp3) is 0.727. The van der Waals surface area contributed by atoms with E-state index in [1.54, 1.807) is 11.3 Å². The Bertz CT molecular complexity index is 332. The van der Waals surface area contributed by atoms with E-state index >= 15 is 0 Å². The van der Waals surface area contributed by atoms with E-state index in [9.17, 15) is 5.11 Å². The van der Waals surface area contributed by atoms with Gasteiger partial charge in [0.2, 0.25) is 0 Å². The van der Waals surface area contributed by atoms with Crippen LogP contribution < -0.4 is 4.90 Å². The number of anilines is 1. The van der Waals surface area contributed by atoms with Crippen molar-refractivity contribution in [3.8, 4) is 0 Å². The van der Waals surface area contributed by atoms with E-state index in [-0.39, 0.29) is 6.61 Å². The average molecular weight is 258 g/mol. The Balaban J connectivity index is 2.16. The van der Waals surface area contributed by atoms with Crippen LogP contribution in [0, 0.1) is 0 Å². The summed E-state index contributed by atoms with van der Waals surface area (Å²) < 4.78 is 0. The molecule has 0 saturated carbocycles. The molecule has 5 heteroatoms. The fourth-order valence-corrected chi connectivity index (χ4v) is 3.95. The van der Waals surface area contributed by atoms with Crippen LogP contribution in [0.4, 0.5) is 5.13 Å². The van der Waals surface area contributed by atoms with Crippen molar-refractivity contribution in [2.24, 2.45) is 0 Å². The molecule has 1 fully saturated rings. The molecule has 90 valence electrons. The second-order valence-corrected chi connectivity index (χ2v) is 6.61. The van der Waals surface area contributed by atoms with Gasteiger partial charge in [-0.05, 0) is 6.42 Å². The molecule has 1 N–H and O–H groups in total. The summed E-state index contributed by atoms with van der Waals surface area (Å²) in [5, 5.41) is 11.0. The van der Waals surface area contributed by atoms with Crippen molar-refractivity contribution in [1.29, 1.82) is 0 Å². The number of rotatable bonds is 3. The Morgan fingerprint density at radius 3 is 2.94 bits per heavy atom. The topological polar surface area (TPSA) is 36.4 Å². The highest BCUT2D eigenvalue weighted by Gasteiger charge is 2.20. The summed E-state index contributed by atoms with van der Waals surface area (Å²) in [7, 11) is 0. The molecule has 1 aromatic heterocycles. The zero-order valence-corrected chi connectivity index (χ0v) is 11.4. The lowest BCUT2D eigenvalue weighted by Gasteiger charge is -2.30. The molecule has 1 atom stereocenters. The highest BCUT2D eigenvalue weighted by Crippen LogP contribution is 2.30. The largest absolute Gasteiger partial charge is 0.391 e. The van der Waals surface area contributed by atoms with Gasteiger partial charge in [0.25, 0.3) is 0 Å². The van der Waals surface area contributed by atoms with Crippen molar-refractivity contribution in [3.05, 3.63) is 10.6 Å². The third kappa shape index (κ3) is 2.52. The molecular formula is C11H18N2OS2. The van der Waals surface area contributed by atoms with Gasteiger partial charge in [0, 0.05) is 24.1 Å². The van der Waals surface area contributed by atoms with Gasteiger partial charge in [-0.2, -0.15) is 11.8 Å². The molecule has 3 nitrogen and oxygen atoms in total. The SMILES string of the molecule is CCc1nc(N2CCSC(C)C2)sc1CO. The third-order valence-electron chi connectivity index (χ3n) is 2.76. The minimum Gasteiger partial charge on any atom is -0.391 e.